The minimum Gasteiger partial charge on any atom is -0.399 e. The minimum atomic E-state index is -0.252. The minimum absolute atomic E-state index is 0.0392. The third-order valence-corrected chi connectivity index (χ3v) is 3.43. The first-order valence-electron chi connectivity index (χ1n) is 6.94. The summed E-state index contributed by atoms with van der Waals surface area (Å²) in [6, 6.07) is 13.6. The average molecular weight is 286 g/mol. The highest BCUT2D eigenvalue weighted by molar-refractivity contribution is 5.83. The molecule has 0 aromatic heterocycles. The Bertz CT molecular complexity index is 610. The molecule has 2 rings (SSSR count). The van der Waals surface area contributed by atoms with Crippen LogP contribution in [0.15, 0.2) is 48.5 Å². The van der Waals surface area contributed by atoms with Crippen LogP contribution in [-0.2, 0) is 11.2 Å². The Labute approximate surface area is 124 Å². The number of hydrogen-bond donors (Lipinski definition) is 2. The van der Waals surface area contributed by atoms with Crippen LogP contribution in [-0.4, -0.2) is 12.5 Å². The van der Waals surface area contributed by atoms with Crippen LogP contribution in [0.1, 0.15) is 24.0 Å². The number of nitrogens with two attached hydrogens (primary N) is 1. The zero-order chi connectivity index (χ0) is 15.2. The SMILES string of the molecule is CC(C(=O)NCCc1ccc(F)cc1)c1cccc(N)c1. The highest BCUT2D eigenvalue weighted by Gasteiger charge is 2.14. The van der Waals surface area contributed by atoms with E-state index in [9.17, 15) is 9.18 Å². The number of halogens is 1. The molecule has 0 bridgehead atoms. The van der Waals surface area contributed by atoms with Gasteiger partial charge in [0, 0.05) is 12.2 Å². The molecule has 3 N–H and O–H groups in total. The van der Waals surface area contributed by atoms with Crippen LogP contribution in [0.2, 0.25) is 0 Å². The summed E-state index contributed by atoms with van der Waals surface area (Å²) >= 11 is 0. The van der Waals surface area contributed by atoms with Crippen LogP contribution in [0.5, 0.6) is 0 Å². The zero-order valence-corrected chi connectivity index (χ0v) is 12.0. The highest BCUT2D eigenvalue weighted by Crippen LogP contribution is 2.17. The van der Waals surface area contributed by atoms with E-state index in [1.807, 2.05) is 25.1 Å². The lowest BCUT2D eigenvalue weighted by molar-refractivity contribution is -0.122. The van der Waals surface area contributed by atoms with Gasteiger partial charge in [-0.25, -0.2) is 4.39 Å². The van der Waals surface area contributed by atoms with E-state index in [1.54, 1.807) is 18.2 Å². The molecule has 0 aliphatic carbocycles. The molecule has 2 aromatic carbocycles. The maximum Gasteiger partial charge on any atom is 0.227 e. The normalized spacial score (nSPS) is 11.9. The van der Waals surface area contributed by atoms with Gasteiger partial charge in [-0.3, -0.25) is 4.79 Å². The van der Waals surface area contributed by atoms with E-state index in [0.29, 0.717) is 18.7 Å². The molecule has 0 saturated carbocycles. The van der Waals surface area contributed by atoms with Crippen LogP contribution >= 0.6 is 0 Å². The maximum atomic E-state index is 12.8. The van der Waals surface area contributed by atoms with Gasteiger partial charge >= 0.3 is 0 Å². The molecule has 4 heteroatoms. The molecule has 1 unspecified atom stereocenters. The van der Waals surface area contributed by atoms with Gasteiger partial charge in [-0.1, -0.05) is 24.3 Å². The van der Waals surface area contributed by atoms with Crippen LogP contribution < -0.4 is 11.1 Å². The number of carbonyl (C=O) groups excluding carboxylic acids is 1. The summed E-state index contributed by atoms with van der Waals surface area (Å²) in [5.74, 6) is -0.539. The highest BCUT2D eigenvalue weighted by atomic mass is 19.1. The molecule has 0 aliphatic rings. The summed E-state index contributed by atoms with van der Waals surface area (Å²) in [6.07, 6.45) is 0.676. The Balaban J connectivity index is 1.85. The number of amides is 1. The fourth-order valence-electron chi connectivity index (χ4n) is 2.11. The van der Waals surface area contributed by atoms with E-state index in [-0.39, 0.29) is 17.6 Å². The lowest BCUT2D eigenvalue weighted by Gasteiger charge is -2.13. The lowest BCUT2D eigenvalue weighted by Crippen LogP contribution is -2.29. The number of rotatable bonds is 5. The molecule has 1 atom stereocenters. The Hall–Kier alpha value is -2.36. The number of carbonyl (C=O) groups is 1. The van der Waals surface area contributed by atoms with E-state index in [1.165, 1.54) is 12.1 Å². The van der Waals surface area contributed by atoms with E-state index in [2.05, 4.69) is 5.32 Å². The summed E-state index contributed by atoms with van der Waals surface area (Å²) in [5, 5.41) is 2.89. The smallest absolute Gasteiger partial charge is 0.227 e. The third kappa shape index (κ3) is 4.31. The second-order valence-electron chi connectivity index (χ2n) is 5.06. The van der Waals surface area contributed by atoms with Crippen molar-refractivity contribution in [1.82, 2.24) is 5.32 Å². The predicted molar refractivity (Wildman–Crippen MR) is 82.4 cm³/mol. The Morgan fingerprint density at radius 1 is 1.24 bits per heavy atom. The van der Waals surface area contributed by atoms with Gasteiger partial charge in [0.05, 0.1) is 5.92 Å². The van der Waals surface area contributed by atoms with Gasteiger partial charge in [-0.15, -0.1) is 0 Å². The van der Waals surface area contributed by atoms with Crippen LogP contribution in [0.4, 0.5) is 10.1 Å². The van der Waals surface area contributed by atoms with E-state index in [4.69, 9.17) is 5.73 Å². The van der Waals surface area contributed by atoms with Crippen molar-refractivity contribution in [2.24, 2.45) is 0 Å². The Morgan fingerprint density at radius 3 is 2.62 bits per heavy atom. The molecule has 0 heterocycles. The molecule has 1 amide bonds. The number of anilines is 1. The fourth-order valence-corrected chi connectivity index (χ4v) is 2.11. The topological polar surface area (TPSA) is 55.1 Å². The molecule has 0 fully saturated rings. The lowest BCUT2D eigenvalue weighted by atomic mass is 10.00. The summed E-state index contributed by atoms with van der Waals surface area (Å²) in [7, 11) is 0. The number of hydrogen-bond acceptors (Lipinski definition) is 2. The first-order chi connectivity index (χ1) is 10.1. The van der Waals surface area contributed by atoms with Crippen molar-refractivity contribution < 1.29 is 9.18 Å². The molecule has 2 aromatic rings. The van der Waals surface area contributed by atoms with Gasteiger partial charge in [-0.05, 0) is 48.7 Å². The molecule has 0 aliphatic heterocycles. The van der Waals surface area contributed by atoms with Crippen molar-refractivity contribution in [3.63, 3.8) is 0 Å². The first-order valence-corrected chi connectivity index (χ1v) is 6.94. The third-order valence-electron chi connectivity index (χ3n) is 3.43. The summed E-state index contributed by atoms with van der Waals surface area (Å²) in [6.45, 7) is 2.37. The molecule has 21 heavy (non-hydrogen) atoms. The quantitative estimate of drug-likeness (QED) is 0.830. The monoisotopic (exact) mass is 286 g/mol. The molecule has 3 nitrogen and oxygen atoms in total. The number of nitrogens with one attached hydrogen (secondary N) is 1. The van der Waals surface area contributed by atoms with Crippen LogP contribution in [0, 0.1) is 5.82 Å². The average Bonchev–Trinajstić information content (AvgIpc) is 2.48. The largest absolute Gasteiger partial charge is 0.399 e. The molecular formula is C17H19FN2O. The van der Waals surface area contributed by atoms with Gasteiger partial charge in [-0.2, -0.15) is 0 Å². The zero-order valence-electron chi connectivity index (χ0n) is 12.0. The van der Waals surface area contributed by atoms with Gasteiger partial charge in [0.25, 0.3) is 0 Å². The van der Waals surface area contributed by atoms with Gasteiger partial charge < -0.3 is 11.1 Å². The van der Waals surface area contributed by atoms with E-state index >= 15 is 0 Å². The molecular weight excluding hydrogens is 267 g/mol. The van der Waals surface area contributed by atoms with Crippen molar-refractivity contribution in [2.75, 3.05) is 12.3 Å². The molecule has 110 valence electrons. The maximum absolute atomic E-state index is 12.8. The van der Waals surface area contributed by atoms with Crippen molar-refractivity contribution in [3.8, 4) is 0 Å². The number of nitrogen functional groups attached to an aromatic ring is 1. The molecule has 0 radical (unpaired) electrons. The van der Waals surface area contributed by atoms with Crippen LogP contribution in [0.25, 0.3) is 0 Å². The molecule has 0 saturated heterocycles. The summed E-state index contributed by atoms with van der Waals surface area (Å²) in [5.41, 5.74) is 8.27. The number of benzene rings is 2. The Kier molecular flexibility index (Phi) is 4.93. The van der Waals surface area contributed by atoms with Gasteiger partial charge in [0.15, 0.2) is 0 Å². The first kappa shape index (κ1) is 15.0. The second kappa shape index (κ2) is 6.88. The Morgan fingerprint density at radius 2 is 1.95 bits per heavy atom. The van der Waals surface area contributed by atoms with Crippen molar-refractivity contribution in [2.45, 2.75) is 19.3 Å². The van der Waals surface area contributed by atoms with Gasteiger partial charge in [0.1, 0.15) is 5.82 Å². The van der Waals surface area contributed by atoms with Crippen LogP contribution in [0.3, 0.4) is 0 Å². The summed E-state index contributed by atoms with van der Waals surface area (Å²) in [4.78, 5) is 12.1. The second-order valence-corrected chi connectivity index (χ2v) is 5.06. The predicted octanol–water partition coefficient (Wildman–Crippen LogP) is 2.87. The fraction of sp³-hybridized carbons (Fsp3) is 0.235. The van der Waals surface area contributed by atoms with Gasteiger partial charge in [0.2, 0.25) is 5.91 Å². The summed E-state index contributed by atoms with van der Waals surface area (Å²) < 4.78 is 12.8. The van der Waals surface area contributed by atoms with E-state index in [0.717, 1.165) is 11.1 Å². The standard InChI is InChI=1S/C17H19FN2O/c1-12(14-3-2-4-16(19)11-14)17(21)20-10-9-13-5-7-15(18)8-6-13/h2-8,11-12H,9-10,19H2,1H3,(H,20,21). The van der Waals surface area contributed by atoms with Crippen molar-refractivity contribution in [1.29, 1.82) is 0 Å². The molecule has 0 spiro atoms. The van der Waals surface area contributed by atoms with Crippen molar-refractivity contribution >= 4 is 11.6 Å². The van der Waals surface area contributed by atoms with Crippen molar-refractivity contribution in [3.05, 3.63) is 65.5 Å². The van der Waals surface area contributed by atoms with E-state index < -0.39 is 0 Å².